The Morgan fingerprint density at radius 3 is 1.73 bits per heavy atom. The van der Waals surface area contributed by atoms with Crippen molar-refractivity contribution < 1.29 is 52.7 Å². The van der Waals surface area contributed by atoms with Crippen molar-refractivity contribution in [2.24, 2.45) is 0 Å². The maximum absolute atomic E-state index is 13.3. The summed E-state index contributed by atoms with van der Waals surface area (Å²) in [5.74, 6) is -14.5. The van der Waals surface area contributed by atoms with E-state index in [-0.39, 0.29) is 6.61 Å². The van der Waals surface area contributed by atoms with Gasteiger partial charge >= 0.3 is 23.3 Å². The molecule has 22 heavy (non-hydrogen) atoms. The minimum Gasteiger partial charge on any atom is -0.372 e. The van der Waals surface area contributed by atoms with Crippen LogP contribution in [0, 0.1) is 0 Å². The van der Waals surface area contributed by atoms with Crippen LogP contribution in [-0.4, -0.2) is 62.3 Å². The molecule has 0 N–H and O–H groups in total. The van der Waals surface area contributed by atoms with Gasteiger partial charge in [0.15, 0.2) is 0 Å². The second kappa shape index (κ2) is 5.12. The lowest BCUT2D eigenvalue weighted by atomic mass is 10.1. The molecular weight excluding hydrogens is 361 g/mol. The first-order valence-electron chi connectivity index (χ1n) is 5.28. The molecule has 0 aromatic carbocycles. The van der Waals surface area contributed by atoms with Gasteiger partial charge in [-0.1, -0.05) is 0 Å². The number of halogens is 9. The lowest BCUT2D eigenvalue weighted by Crippen LogP contribution is -2.65. The zero-order valence-corrected chi connectivity index (χ0v) is 11.3. The number of hydrogen-bond donors (Lipinski definition) is 0. The highest BCUT2D eigenvalue weighted by Gasteiger charge is 2.85. The number of hydrogen-bond acceptors (Lipinski definition) is 3. The molecule has 0 aromatic heterocycles. The zero-order chi connectivity index (χ0) is 17.8. The molecule has 1 rings (SSSR count). The molecule has 1 aliphatic heterocycles. The Morgan fingerprint density at radius 2 is 1.41 bits per heavy atom. The summed E-state index contributed by atoms with van der Waals surface area (Å²) in [5.41, 5.74) is 0. The van der Waals surface area contributed by atoms with E-state index in [9.17, 15) is 47.9 Å². The van der Waals surface area contributed by atoms with E-state index in [2.05, 4.69) is 4.74 Å². The number of sulfonamides is 1. The number of likely N-dealkylation sites (N-methyl/N-ethyl adjacent to an activating group) is 1. The Balaban J connectivity index is 3.24. The van der Waals surface area contributed by atoms with Crippen molar-refractivity contribution in [3.63, 3.8) is 0 Å². The van der Waals surface area contributed by atoms with Gasteiger partial charge in [0.1, 0.15) is 0 Å². The van der Waals surface area contributed by atoms with Crippen LogP contribution in [0.3, 0.4) is 0 Å². The smallest absolute Gasteiger partial charge is 0.372 e. The van der Waals surface area contributed by atoms with Crippen LogP contribution in [-0.2, 0) is 14.8 Å². The number of alkyl halides is 9. The van der Waals surface area contributed by atoms with Crippen molar-refractivity contribution in [2.45, 2.75) is 29.4 Å². The standard InChI is InChI=1S/C8H8F9NO3S/c1-18(2-4-3-21-4)22(19,20)8(16,17)6(11,12)5(9,10)7(13,14)15/h4H,2-3H2,1H3. The molecule has 132 valence electrons. The van der Waals surface area contributed by atoms with E-state index in [1.54, 1.807) is 0 Å². The molecule has 1 heterocycles. The van der Waals surface area contributed by atoms with E-state index >= 15 is 0 Å². The van der Waals surface area contributed by atoms with Crippen molar-refractivity contribution in [1.29, 1.82) is 0 Å². The molecule has 0 radical (unpaired) electrons. The van der Waals surface area contributed by atoms with Gasteiger partial charge < -0.3 is 4.74 Å². The molecule has 14 heteroatoms. The van der Waals surface area contributed by atoms with Gasteiger partial charge in [0.05, 0.1) is 12.7 Å². The SMILES string of the molecule is CN(CC1CO1)S(=O)(=O)C(F)(F)C(F)(F)C(F)(F)C(F)(F)F. The van der Waals surface area contributed by atoms with Gasteiger partial charge in [-0.05, 0) is 0 Å². The van der Waals surface area contributed by atoms with Crippen molar-refractivity contribution in [3.05, 3.63) is 0 Å². The van der Waals surface area contributed by atoms with Crippen molar-refractivity contribution in [3.8, 4) is 0 Å². The van der Waals surface area contributed by atoms with E-state index in [0.29, 0.717) is 7.05 Å². The highest BCUT2D eigenvalue weighted by atomic mass is 32.2. The summed E-state index contributed by atoms with van der Waals surface area (Å²) in [6.45, 7) is -0.994. The summed E-state index contributed by atoms with van der Waals surface area (Å²) in [7, 11) is -6.18. The van der Waals surface area contributed by atoms with E-state index in [1.165, 1.54) is 0 Å². The molecule has 4 nitrogen and oxygen atoms in total. The fourth-order valence-corrected chi connectivity index (χ4v) is 2.48. The second-order valence-corrected chi connectivity index (χ2v) is 6.49. The molecule has 0 saturated carbocycles. The normalized spacial score (nSPS) is 21.3. The maximum Gasteiger partial charge on any atom is 0.460 e. The Bertz CT molecular complexity index is 525. The van der Waals surface area contributed by atoms with Crippen LogP contribution >= 0.6 is 0 Å². The molecule has 1 unspecified atom stereocenters. The molecule has 0 bridgehead atoms. The van der Waals surface area contributed by atoms with Crippen LogP contribution in [0.15, 0.2) is 0 Å². The predicted molar refractivity (Wildman–Crippen MR) is 52.2 cm³/mol. The van der Waals surface area contributed by atoms with Gasteiger partial charge in [0.2, 0.25) is 0 Å². The van der Waals surface area contributed by atoms with Crippen molar-refractivity contribution >= 4 is 10.0 Å². The number of ether oxygens (including phenoxy) is 1. The maximum atomic E-state index is 13.3. The third kappa shape index (κ3) is 2.75. The number of nitrogens with zero attached hydrogens (tertiary/aromatic N) is 1. The van der Waals surface area contributed by atoms with Gasteiger partial charge in [-0.15, -0.1) is 0 Å². The molecule has 1 saturated heterocycles. The van der Waals surface area contributed by atoms with Crippen molar-refractivity contribution in [2.75, 3.05) is 20.2 Å². The first-order valence-corrected chi connectivity index (χ1v) is 6.72. The highest BCUT2D eigenvalue weighted by molar-refractivity contribution is 7.90. The zero-order valence-electron chi connectivity index (χ0n) is 10.5. The van der Waals surface area contributed by atoms with Crippen LogP contribution in [0.1, 0.15) is 0 Å². The molecule has 1 aliphatic rings. The topological polar surface area (TPSA) is 49.9 Å². The Kier molecular flexibility index (Phi) is 4.49. The Morgan fingerprint density at radius 1 is 1.00 bits per heavy atom. The fraction of sp³-hybridized carbons (Fsp3) is 1.00. The largest absolute Gasteiger partial charge is 0.460 e. The van der Waals surface area contributed by atoms with Gasteiger partial charge in [0, 0.05) is 13.6 Å². The lowest BCUT2D eigenvalue weighted by molar-refractivity contribution is -0.382. The molecule has 0 amide bonds. The minimum absolute atomic E-state index is 0.0967. The highest BCUT2D eigenvalue weighted by Crippen LogP contribution is 2.55. The summed E-state index contributed by atoms with van der Waals surface area (Å²) in [6.07, 6.45) is -8.00. The van der Waals surface area contributed by atoms with Crippen LogP contribution < -0.4 is 0 Å². The van der Waals surface area contributed by atoms with Gasteiger partial charge in [0.25, 0.3) is 10.0 Å². The van der Waals surface area contributed by atoms with E-state index in [1.807, 2.05) is 0 Å². The third-order valence-electron chi connectivity index (χ3n) is 2.71. The Labute approximate surface area is 117 Å². The average molecular weight is 369 g/mol. The average Bonchev–Trinajstić information content (AvgIpc) is 3.10. The van der Waals surface area contributed by atoms with Crippen LogP contribution in [0.25, 0.3) is 0 Å². The van der Waals surface area contributed by atoms with Crippen molar-refractivity contribution in [1.82, 2.24) is 4.31 Å². The second-order valence-electron chi connectivity index (χ2n) is 4.40. The van der Waals surface area contributed by atoms with Gasteiger partial charge in [-0.2, -0.15) is 43.8 Å². The monoisotopic (exact) mass is 369 g/mol. The van der Waals surface area contributed by atoms with E-state index < -0.39 is 50.3 Å². The number of rotatable bonds is 6. The molecule has 0 spiro atoms. The summed E-state index contributed by atoms with van der Waals surface area (Å²) >= 11 is 0. The molecule has 1 fully saturated rings. The van der Waals surface area contributed by atoms with Crippen LogP contribution in [0.2, 0.25) is 0 Å². The summed E-state index contributed by atoms with van der Waals surface area (Å²) in [4.78, 5) is 0. The summed E-state index contributed by atoms with van der Waals surface area (Å²) < 4.78 is 140. The van der Waals surface area contributed by atoms with Gasteiger partial charge in [-0.3, -0.25) is 0 Å². The molecule has 0 aliphatic carbocycles. The third-order valence-corrected chi connectivity index (χ3v) is 4.59. The predicted octanol–water partition coefficient (Wildman–Crippen LogP) is 2.07. The molecule has 0 aromatic rings. The first-order chi connectivity index (χ1) is 9.50. The number of epoxide rings is 1. The quantitative estimate of drug-likeness (QED) is 0.532. The van der Waals surface area contributed by atoms with Gasteiger partial charge in [-0.25, -0.2) is 8.42 Å². The fourth-order valence-electron chi connectivity index (χ4n) is 1.28. The van der Waals surface area contributed by atoms with E-state index in [4.69, 9.17) is 0 Å². The lowest BCUT2D eigenvalue weighted by Gasteiger charge is -2.34. The van der Waals surface area contributed by atoms with Crippen LogP contribution in [0.4, 0.5) is 39.5 Å². The first kappa shape index (κ1) is 19.3. The molecular formula is C8H8F9NO3S. The van der Waals surface area contributed by atoms with E-state index in [0.717, 1.165) is 0 Å². The van der Waals surface area contributed by atoms with Crippen LogP contribution in [0.5, 0.6) is 0 Å². The minimum atomic E-state index is -7.26. The summed E-state index contributed by atoms with van der Waals surface area (Å²) in [6, 6.07) is 0. The molecule has 1 atom stereocenters. The Hall–Kier alpha value is -0.760. The summed E-state index contributed by atoms with van der Waals surface area (Å²) in [5, 5.41) is -6.69.